The highest BCUT2D eigenvalue weighted by Crippen LogP contribution is 2.34. The summed E-state index contributed by atoms with van der Waals surface area (Å²) < 4.78 is 0. The van der Waals surface area contributed by atoms with Gasteiger partial charge in [0.05, 0.1) is 0 Å². The average Bonchev–Trinajstić information content (AvgIpc) is 2.46. The molecule has 0 aromatic heterocycles. The lowest BCUT2D eigenvalue weighted by Gasteiger charge is -2.16. The summed E-state index contributed by atoms with van der Waals surface area (Å²) in [6.07, 6.45) is 2.85. The van der Waals surface area contributed by atoms with Crippen LogP contribution >= 0.6 is 0 Å². The Bertz CT molecular complexity index is 570. The van der Waals surface area contributed by atoms with Crippen molar-refractivity contribution in [1.82, 2.24) is 0 Å². The maximum Gasteiger partial charge on any atom is 0.119 e. The second-order valence-electron chi connectivity index (χ2n) is 4.81. The lowest BCUT2D eigenvalue weighted by molar-refractivity contribution is 0.468. The van der Waals surface area contributed by atoms with Crippen molar-refractivity contribution in [2.45, 2.75) is 40.0 Å². The van der Waals surface area contributed by atoms with Crippen molar-refractivity contribution < 1.29 is 5.11 Å². The van der Waals surface area contributed by atoms with Crippen molar-refractivity contribution in [3.05, 3.63) is 53.1 Å². The zero-order valence-electron chi connectivity index (χ0n) is 12.0. The maximum absolute atomic E-state index is 10.0. The number of aromatic hydroxyl groups is 1. The molecule has 0 bridgehead atoms. The first-order valence-corrected chi connectivity index (χ1v) is 7.14. The van der Waals surface area contributed by atoms with Gasteiger partial charge in [-0.3, -0.25) is 0 Å². The van der Waals surface area contributed by atoms with E-state index in [0.717, 1.165) is 24.8 Å². The third-order valence-electron chi connectivity index (χ3n) is 3.80. The first kappa shape index (κ1) is 13.7. The molecule has 19 heavy (non-hydrogen) atoms. The minimum Gasteiger partial charge on any atom is -0.508 e. The molecule has 0 aliphatic carbocycles. The van der Waals surface area contributed by atoms with Gasteiger partial charge in [-0.25, -0.2) is 0 Å². The van der Waals surface area contributed by atoms with Crippen LogP contribution in [0.3, 0.4) is 0 Å². The fourth-order valence-corrected chi connectivity index (χ4v) is 2.82. The summed E-state index contributed by atoms with van der Waals surface area (Å²) >= 11 is 0. The molecule has 0 radical (unpaired) electrons. The Kier molecular flexibility index (Phi) is 4.26. The minimum atomic E-state index is 0.428. The van der Waals surface area contributed by atoms with Crippen LogP contribution in [0.1, 0.15) is 37.5 Å². The molecule has 0 saturated carbocycles. The van der Waals surface area contributed by atoms with E-state index < -0.39 is 0 Å². The molecule has 0 atom stereocenters. The Morgan fingerprint density at radius 2 is 1.42 bits per heavy atom. The molecule has 0 unspecified atom stereocenters. The third kappa shape index (κ3) is 2.51. The van der Waals surface area contributed by atoms with Crippen LogP contribution in [0.25, 0.3) is 11.1 Å². The van der Waals surface area contributed by atoms with Crippen LogP contribution < -0.4 is 0 Å². The van der Waals surface area contributed by atoms with Gasteiger partial charge < -0.3 is 5.11 Å². The second-order valence-corrected chi connectivity index (χ2v) is 4.81. The van der Waals surface area contributed by atoms with Crippen LogP contribution in [0.5, 0.6) is 5.75 Å². The van der Waals surface area contributed by atoms with E-state index in [1.54, 1.807) is 0 Å². The van der Waals surface area contributed by atoms with Gasteiger partial charge in [0.15, 0.2) is 0 Å². The first-order valence-electron chi connectivity index (χ1n) is 7.14. The van der Waals surface area contributed by atoms with Crippen LogP contribution in [0.2, 0.25) is 0 Å². The summed E-state index contributed by atoms with van der Waals surface area (Å²) in [5, 5.41) is 10.0. The smallest absolute Gasteiger partial charge is 0.119 e. The van der Waals surface area contributed by atoms with Crippen molar-refractivity contribution in [2.24, 2.45) is 0 Å². The predicted molar refractivity (Wildman–Crippen MR) is 81.7 cm³/mol. The van der Waals surface area contributed by atoms with Crippen molar-refractivity contribution in [3.8, 4) is 16.9 Å². The predicted octanol–water partition coefficient (Wildman–Crippen LogP) is 4.75. The van der Waals surface area contributed by atoms with Crippen LogP contribution in [0.15, 0.2) is 36.4 Å². The summed E-state index contributed by atoms with van der Waals surface area (Å²) in [7, 11) is 0. The molecule has 0 fully saturated rings. The van der Waals surface area contributed by atoms with Gasteiger partial charge in [0.1, 0.15) is 5.75 Å². The molecule has 2 aromatic carbocycles. The molecule has 0 aliphatic rings. The zero-order valence-corrected chi connectivity index (χ0v) is 12.0. The maximum atomic E-state index is 10.0. The molecule has 0 saturated heterocycles. The standard InChI is InChI=1S/C18H22O/c1-4-13-9-7-8-10-16(13)17-11-12-18(19)15(6-3)14(17)5-2/h7-12,19H,4-6H2,1-3H3. The van der Waals surface area contributed by atoms with Gasteiger partial charge in [0, 0.05) is 0 Å². The molecule has 2 aromatic rings. The molecule has 0 aliphatic heterocycles. The van der Waals surface area contributed by atoms with E-state index in [9.17, 15) is 5.11 Å². The molecule has 0 spiro atoms. The van der Waals surface area contributed by atoms with E-state index >= 15 is 0 Å². The Labute approximate surface area is 115 Å². The lowest BCUT2D eigenvalue weighted by Crippen LogP contribution is -1.97. The highest BCUT2D eigenvalue weighted by Gasteiger charge is 2.13. The molecule has 0 heterocycles. The molecule has 1 heteroatoms. The van der Waals surface area contributed by atoms with Crippen LogP contribution in [0.4, 0.5) is 0 Å². The van der Waals surface area contributed by atoms with E-state index in [1.807, 2.05) is 6.07 Å². The monoisotopic (exact) mass is 254 g/mol. The summed E-state index contributed by atoms with van der Waals surface area (Å²) in [6, 6.07) is 12.4. The molecule has 0 amide bonds. The molecule has 1 nitrogen and oxygen atoms in total. The summed E-state index contributed by atoms with van der Waals surface area (Å²) in [5.74, 6) is 0.428. The summed E-state index contributed by atoms with van der Waals surface area (Å²) in [5.41, 5.74) is 6.31. The Morgan fingerprint density at radius 3 is 2.05 bits per heavy atom. The summed E-state index contributed by atoms with van der Waals surface area (Å²) in [6.45, 7) is 6.45. The fourth-order valence-electron chi connectivity index (χ4n) is 2.82. The summed E-state index contributed by atoms with van der Waals surface area (Å²) in [4.78, 5) is 0. The number of rotatable bonds is 4. The third-order valence-corrected chi connectivity index (χ3v) is 3.80. The lowest BCUT2D eigenvalue weighted by atomic mass is 9.89. The van der Waals surface area contributed by atoms with Gasteiger partial charge in [0.25, 0.3) is 0 Å². The van der Waals surface area contributed by atoms with Crippen molar-refractivity contribution >= 4 is 0 Å². The number of hydrogen-bond donors (Lipinski definition) is 1. The van der Waals surface area contributed by atoms with Gasteiger partial charge in [0.2, 0.25) is 0 Å². The van der Waals surface area contributed by atoms with Crippen LogP contribution in [0, 0.1) is 0 Å². The van der Waals surface area contributed by atoms with E-state index in [2.05, 4.69) is 51.1 Å². The van der Waals surface area contributed by atoms with Gasteiger partial charge in [-0.15, -0.1) is 0 Å². The van der Waals surface area contributed by atoms with Crippen LogP contribution in [-0.2, 0) is 19.3 Å². The zero-order chi connectivity index (χ0) is 13.8. The Morgan fingerprint density at radius 1 is 0.737 bits per heavy atom. The molecular weight excluding hydrogens is 232 g/mol. The highest BCUT2D eigenvalue weighted by molar-refractivity contribution is 5.73. The van der Waals surface area contributed by atoms with E-state index in [-0.39, 0.29) is 0 Å². The Hall–Kier alpha value is -1.76. The van der Waals surface area contributed by atoms with E-state index in [4.69, 9.17) is 0 Å². The normalized spacial score (nSPS) is 10.7. The van der Waals surface area contributed by atoms with Crippen molar-refractivity contribution in [1.29, 1.82) is 0 Å². The van der Waals surface area contributed by atoms with Gasteiger partial charge in [-0.1, -0.05) is 51.1 Å². The topological polar surface area (TPSA) is 20.2 Å². The quantitative estimate of drug-likeness (QED) is 0.835. The van der Waals surface area contributed by atoms with Gasteiger partial charge in [-0.2, -0.15) is 0 Å². The largest absolute Gasteiger partial charge is 0.508 e. The van der Waals surface area contributed by atoms with E-state index in [1.165, 1.54) is 22.3 Å². The van der Waals surface area contributed by atoms with Crippen LogP contribution in [-0.4, -0.2) is 5.11 Å². The van der Waals surface area contributed by atoms with E-state index in [0.29, 0.717) is 5.75 Å². The SMILES string of the molecule is CCc1ccccc1-c1ccc(O)c(CC)c1CC. The molecule has 1 N–H and O–H groups in total. The first-order chi connectivity index (χ1) is 9.22. The number of phenols is 1. The van der Waals surface area contributed by atoms with Crippen molar-refractivity contribution in [2.75, 3.05) is 0 Å². The number of phenolic OH excluding ortho intramolecular Hbond substituents is 1. The average molecular weight is 254 g/mol. The van der Waals surface area contributed by atoms with Crippen molar-refractivity contribution in [3.63, 3.8) is 0 Å². The molecular formula is C18H22O. The molecule has 2 rings (SSSR count). The number of benzene rings is 2. The molecule has 100 valence electrons. The van der Waals surface area contributed by atoms with Gasteiger partial charge in [-0.05, 0) is 53.1 Å². The Balaban J connectivity index is 2.68. The van der Waals surface area contributed by atoms with Gasteiger partial charge >= 0.3 is 0 Å². The highest BCUT2D eigenvalue weighted by atomic mass is 16.3. The number of hydrogen-bond acceptors (Lipinski definition) is 1. The fraction of sp³-hybridized carbons (Fsp3) is 0.333. The minimum absolute atomic E-state index is 0.428. The number of aryl methyl sites for hydroxylation is 1. The second kappa shape index (κ2) is 5.92.